The van der Waals surface area contributed by atoms with Crippen LogP contribution in [0.1, 0.15) is 21.5 Å². The summed E-state index contributed by atoms with van der Waals surface area (Å²) in [7, 11) is 1.92. The Morgan fingerprint density at radius 3 is 2.86 bits per heavy atom. The molecule has 0 fully saturated rings. The Balaban J connectivity index is 1.92. The largest absolute Gasteiger partial charge is 0.382 e. The molecular weight excluding hydrogens is 328 g/mol. The van der Waals surface area contributed by atoms with E-state index in [1.807, 2.05) is 31.0 Å². The predicted molar refractivity (Wildman–Crippen MR) is 90.8 cm³/mol. The number of anilines is 2. The van der Waals surface area contributed by atoms with Crippen molar-refractivity contribution in [2.24, 2.45) is 0 Å². The molecule has 2 heterocycles. The van der Waals surface area contributed by atoms with Crippen LogP contribution in [0, 0.1) is 0 Å². The number of aromatic nitrogens is 1. The Kier molecular flexibility index (Phi) is 5.44. The number of hydrogen-bond donors (Lipinski definition) is 2. The molecular formula is C13H17ClN4OS2. The number of nitrogens with one attached hydrogen (secondary N) is 1. The first-order chi connectivity index (χ1) is 10.0. The van der Waals surface area contributed by atoms with Crippen LogP contribution in [-0.2, 0) is 6.42 Å². The topological polar surface area (TPSA) is 71.2 Å². The van der Waals surface area contributed by atoms with Gasteiger partial charge in [-0.25, -0.2) is 4.98 Å². The number of nitrogens with two attached hydrogens (primary N) is 1. The number of hydrogen-bond acceptors (Lipinski definition) is 6. The summed E-state index contributed by atoms with van der Waals surface area (Å²) in [5, 5.41) is 3.62. The summed E-state index contributed by atoms with van der Waals surface area (Å²) in [5.41, 5.74) is 5.82. The lowest BCUT2D eigenvalue weighted by Crippen LogP contribution is -2.25. The third-order valence-corrected chi connectivity index (χ3v) is 5.41. The van der Waals surface area contributed by atoms with E-state index >= 15 is 0 Å². The van der Waals surface area contributed by atoms with E-state index in [-0.39, 0.29) is 11.7 Å². The van der Waals surface area contributed by atoms with Crippen LogP contribution in [0.15, 0.2) is 12.1 Å². The van der Waals surface area contributed by atoms with Crippen molar-refractivity contribution in [1.29, 1.82) is 0 Å². The fourth-order valence-electron chi connectivity index (χ4n) is 1.65. The summed E-state index contributed by atoms with van der Waals surface area (Å²) in [6.45, 7) is 3.38. The first-order valence-electron chi connectivity index (χ1n) is 6.51. The summed E-state index contributed by atoms with van der Waals surface area (Å²) in [6.07, 6.45) is 0.754. The van der Waals surface area contributed by atoms with Crippen molar-refractivity contribution in [3.8, 4) is 0 Å². The number of halogens is 1. The number of thiophene rings is 1. The number of nitrogens with zero attached hydrogens (tertiary/aromatic N) is 2. The van der Waals surface area contributed by atoms with Crippen molar-refractivity contribution < 1.29 is 4.79 Å². The van der Waals surface area contributed by atoms with Crippen molar-refractivity contribution in [3.63, 3.8) is 0 Å². The van der Waals surface area contributed by atoms with Gasteiger partial charge < -0.3 is 16.0 Å². The molecule has 0 unspecified atom stereocenters. The average Bonchev–Trinajstić information content (AvgIpc) is 3.04. The van der Waals surface area contributed by atoms with Gasteiger partial charge in [0.2, 0.25) is 0 Å². The predicted octanol–water partition coefficient (Wildman–Crippen LogP) is 2.87. The quantitative estimate of drug-likeness (QED) is 0.845. The van der Waals surface area contributed by atoms with Gasteiger partial charge in [-0.2, -0.15) is 0 Å². The molecule has 0 atom stereocenters. The molecule has 0 aliphatic carbocycles. The first kappa shape index (κ1) is 16.1. The van der Waals surface area contributed by atoms with Gasteiger partial charge in [-0.3, -0.25) is 4.79 Å². The zero-order valence-corrected chi connectivity index (χ0v) is 14.2. The number of carbonyl (C=O) groups is 1. The number of carbonyl (C=O) groups excluding carboxylic acids is 1. The van der Waals surface area contributed by atoms with E-state index in [1.165, 1.54) is 22.7 Å². The van der Waals surface area contributed by atoms with Crippen LogP contribution >= 0.6 is 34.3 Å². The normalized spacial score (nSPS) is 10.6. The summed E-state index contributed by atoms with van der Waals surface area (Å²) in [4.78, 5) is 19.9. The third-order valence-electron chi connectivity index (χ3n) is 2.94. The van der Waals surface area contributed by atoms with Gasteiger partial charge >= 0.3 is 0 Å². The van der Waals surface area contributed by atoms with Crippen LogP contribution in [0.3, 0.4) is 0 Å². The fraction of sp³-hybridized carbons (Fsp3) is 0.385. The second-order valence-electron chi connectivity index (χ2n) is 4.44. The van der Waals surface area contributed by atoms with Crippen molar-refractivity contribution in [3.05, 3.63) is 26.2 Å². The monoisotopic (exact) mass is 344 g/mol. The Bertz CT molecular complexity index is 625. The highest BCUT2D eigenvalue weighted by Gasteiger charge is 2.17. The molecule has 2 aromatic heterocycles. The van der Waals surface area contributed by atoms with Crippen molar-refractivity contribution in [2.45, 2.75) is 13.3 Å². The van der Waals surface area contributed by atoms with E-state index in [0.29, 0.717) is 11.4 Å². The van der Waals surface area contributed by atoms with Crippen molar-refractivity contribution in [1.82, 2.24) is 10.3 Å². The first-order valence-corrected chi connectivity index (χ1v) is 8.52. The second-order valence-corrected chi connectivity index (χ2v) is 7.21. The van der Waals surface area contributed by atoms with Gasteiger partial charge in [0, 0.05) is 25.0 Å². The standard InChI is InChI=1S/C13H17ClN4OS2/c1-3-18(2)13-17-11(15)10(21-13)12(19)16-7-6-8-4-5-9(14)20-8/h4-5H,3,6-7,15H2,1-2H3,(H,16,19). The smallest absolute Gasteiger partial charge is 0.265 e. The van der Waals surface area contributed by atoms with Crippen LogP contribution < -0.4 is 16.0 Å². The van der Waals surface area contributed by atoms with E-state index < -0.39 is 0 Å². The number of thiazole rings is 1. The van der Waals surface area contributed by atoms with E-state index in [2.05, 4.69) is 10.3 Å². The molecule has 0 spiro atoms. The molecule has 21 heavy (non-hydrogen) atoms. The molecule has 2 rings (SSSR count). The second kappa shape index (κ2) is 7.11. The van der Waals surface area contributed by atoms with Crippen LogP contribution in [0.5, 0.6) is 0 Å². The number of nitrogen functional groups attached to an aromatic ring is 1. The summed E-state index contributed by atoms with van der Waals surface area (Å²) in [6, 6.07) is 3.83. The van der Waals surface area contributed by atoms with Crippen molar-refractivity contribution in [2.75, 3.05) is 30.8 Å². The number of amides is 1. The lowest BCUT2D eigenvalue weighted by molar-refractivity contribution is 0.0959. The minimum atomic E-state index is -0.177. The van der Waals surface area contributed by atoms with E-state index in [4.69, 9.17) is 17.3 Å². The Hall–Kier alpha value is -1.31. The third kappa shape index (κ3) is 4.09. The Labute approximate surface area is 136 Å². The molecule has 0 saturated carbocycles. The lowest BCUT2D eigenvalue weighted by Gasteiger charge is -2.10. The summed E-state index contributed by atoms with van der Waals surface area (Å²) in [5.74, 6) is 0.107. The van der Waals surface area contributed by atoms with Crippen LogP contribution in [-0.4, -0.2) is 31.0 Å². The van der Waals surface area contributed by atoms with Gasteiger partial charge in [0.25, 0.3) is 5.91 Å². The highest BCUT2D eigenvalue weighted by atomic mass is 35.5. The lowest BCUT2D eigenvalue weighted by atomic mass is 10.3. The highest BCUT2D eigenvalue weighted by Crippen LogP contribution is 2.27. The van der Waals surface area contributed by atoms with E-state index in [1.54, 1.807) is 0 Å². The van der Waals surface area contributed by atoms with Gasteiger partial charge in [-0.1, -0.05) is 22.9 Å². The van der Waals surface area contributed by atoms with Gasteiger partial charge in [0.05, 0.1) is 4.34 Å². The molecule has 0 aliphatic rings. The summed E-state index contributed by atoms with van der Waals surface area (Å²) >= 11 is 8.70. The minimum Gasteiger partial charge on any atom is -0.382 e. The Morgan fingerprint density at radius 2 is 2.24 bits per heavy atom. The molecule has 0 radical (unpaired) electrons. The molecule has 0 aliphatic heterocycles. The molecule has 0 bridgehead atoms. The molecule has 0 aromatic carbocycles. The van der Waals surface area contributed by atoms with E-state index in [0.717, 1.165) is 27.3 Å². The SMILES string of the molecule is CCN(C)c1nc(N)c(C(=O)NCCc2ccc(Cl)s2)s1. The van der Waals surface area contributed by atoms with Crippen LogP contribution in [0.4, 0.5) is 10.9 Å². The molecule has 114 valence electrons. The van der Waals surface area contributed by atoms with Gasteiger partial charge in [0.1, 0.15) is 10.7 Å². The van der Waals surface area contributed by atoms with Crippen LogP contribution in [0.25, 0.3) is 0 Å². The molecule has 8 heteroatoms. The maximum atomic E-state index is 12.1. The average molecular weight is 345 g/mol. The Morgan fingerprint density at radius 1 is 1.48 bits per heavy atom. The molecule has 3 N–H and O–H groups in total. The minimum absolute atomic E-state index is 0.177. The van der Waals surface area contributed by atoms with Crippen molar-refractivity contribution >= 4 is 51.1 Å². The zero-order chi connectivity index (χ0) is 15.4. The van der Waals surface area contributed by atoms with Crippen LogP contribution in [0.2, 0.25) is 4.34 Å². The highest BCUT2D eigenvalue weighted by molar-refractivity contribution is 7.18. The van der Waals surface area contributed by atoms with E-state index in [9.17, 15) is 4.79 Å². The van der Waals surface area contributed by atoms with Gasteiger partial charge in [0.15, 0.2) is 5.13 Å². The molecule has 5 nitrogen and oxygen atoms in total. The van der Waals surface area contributed by atoms with Gasteiger partial charge in [-0.05, 0) is 25.5 Å². The van der Waals surface area contributed by atoms with Gasteiger partial charge in [-0.15, -0.1) is 11.3 Å². The molecule has 0 saturated heterocycles. The fourth-order valence-corrected chi connectivity index (χ4v) is 3.66. The maximum Gasteiger partial charge on any atom is 0.265 e. The molecule has 2 aromatic rings. The number of rotatable bonds is 6. The molecule has 1 amide bonds. The zero-order valence-electron chi connectivity index (χ0n) is 11.9. The maximum absolute atomic E-state index is 12.1. The summed E-state index contributed by atoms with van der Waals surface area (Å²) < 4.78 is 0.760.